The number of carbonyl (C=O) groups is 2. The smallest absolute Gasteiger partial charge is 0.349 e. The number of aliphatic hydroxyl groups excluding tert-OH is 2. The SMILES string of the molecule is CCOCCCN(C(=O)c1cc2ccccc2oc1=O)[C@@H]1C=C(C(=O)NCCO)[C@@H]2c3ccccc3O[C@@H]2[C@H]1O. The fourth-order valence-electron chi connectivity index (χ4n) is 5.42. The number of nitrogens with zero attached hydrogens (tertiary/aromatic N) is 1. The molecule has 0 bridgehead atoms. The average molecular weight is 549 g/mol. The van der Waals surface area contributed by atoms with Crippen LogP contribution in [0.2, 0.25) is 0 Å². The number of fused-ring (bicyclic) bond motifs is 4. The number of carbonyl (C=O) groups excluding carboxylic acids is 2. The Balaban J connectivity index is 1.57. The number of hydrogen-bond donors (Lipinski definition) is 3. The molecule has 0 radical (unpaired) electrons. The zero-order chi connectivity index (χ0) is 28.2. The van der Waals surface area contributed by atoms with Gasteiger partial charge in [0, 0.05) is 42.8 Å². The highest BCUT2D eigenvalue weighted by Gasteiger charge is 2.50. The van der Waals surface area contributed by atoms with Crippen LogP contribution in [0.1, 0.15) is 35.2 Å². The third-order valence-corrected chi connectivity index (χ3v) is 7.26. The Hall–Kier alpha value is -3.99. The van der Waals surface area contributed by atoms with Gasteiger partial charge in [-0.05, 0) is 37.6 Å². The first-order valence-corrected chi connectivity index (χ1v) is 13.4. The summed E-state index contributed by atoms with van der Waals surface area (Å²) in [6, 6.07) is 14.6. The zero-order valence-electron chi connectivity index (χ0n) is 22.1. The Bertz CT molecular complexity index is 1480. The van der Waals surface area contributed by atoms with E-state index >= 15 is 0 Å². The van der Waals surface area contributed by atoms with E-state index in [0.29, 0.717) is 41.9 Å². The molecule has 1 aliphatic carbocycles. The molecule has 3 aromatic rings. The van der Waals surface area contributed by atoms with Gasteiger partial charge in [0.15, 0.2) is 0 Å². The standard InChI is InChI=1S/C30H32N2O8/c1-2-38-15-7-13-32(29(36)21-16-18-8-3-5-10-23(18)40-30(21)37)22-17-20(28(35)31-12-14-33)25-19-9-4-6-11-24(19)39-27(25)26(22)34/h3-6,8-11,16-17,22,25-27,33-34H,2,7,12-15H2,1H3,(H,31,35)/t22-,25+,26+,27+/m1/s1. The molecule has 1 aromatic heterocycles. The van der Waals surface area contributed by atoms with E-state index in [0.717, 1.165) is 5.56 Å². The molecule has 3 N–H and O–H groups in total. The third-order valence-electron chi connectivity index (χ3n) is 7.26. The fraction of sp³-hybridized carbons (Fsp3) is 0.367. The van der Waals surface area contributed by atoms with Crippen molar-refractivity contribution < 1.29 is 33.7 Å². The summed E-state index contributed by atoms with van der Waals surface area (Å²) < 4.78 is 17.0. The number of rotatable bonds is 10. The van der Waals surface area contributed by atoms with E-state index in [9.17, 15) is 24.6 Å². The Morgan fingerprint density at radius 3 is 2.70 bits per heavy atom. The lowest BCUT2D eigenvalue weighted by atomic mass is 9.77. The van der Waals surface area contributed by atoms with Gasteiger partial charge < -0.3 is 34.3 Å². The first-order valence-electron chi connectivity index (χ1n) is 13.4. The molecule has 0 unspecified atom stereocenters. The molecule has 2 aliphatic rings. The molecule has 0 saturated carbocycles. The molecule has 2 amide bonds. The van der Waals surface area contributed by atoms with Gasteiger partial charge in [0.25, 0.3) is 5.91 Å². The monoisotopic (exact) mass is 548 g/mol. The second-order valence-electron chi connectivity index (χ2n) is 9.72. The largest absolute Gasteiger partial charge is 0.486 e. The molecule has 10 heteroatoms. The van der Waals surface area contributed by atoms with E-state index in [-0.39, 0.29) is 25.3 Å². The van der Waals surface area contributed by atoms with Gasteiger partial charge in [0.2, 0.25) is 5.91 Å². The number of aliphatic hydroxyl groups is 2. The minimum absolute atomic E-state index is 0.0401. The van der Waals surface area contributed by atoms with Crippen molar-refractivity contribution in [3.05, 3.63) is 87.8 Å². The van der Waals surface area contributed by atoms with Gasteiger partial charge in [-0.25, -0.2) is 4.79 Å². The van der Waals surface area contributed by atoms with E-state index in [1.54, 1.807) is 42.5 Å². The maximum absolute atomic E-state index is 14.0. The summed E-state index contributed by atoms with van der Waals surface area (Å²) in [5.41, 5.74) is 0.440. The Morgan fingerprint density at radius 1 is 1.12 bits per heavy atom. The molecule has 5 rings (SSSR count). The zero-order valence-corrected chi connectivity index (χ0v) is 22.1. The van der Waals surface area contributed by atoms with E-state index in [1.165, 1.54) is 11.0 Å². The first kappa shape index (κ1) is 27.6. The van der Waals surface area contributed by atoms with Gasteiger partial charge in [-0.2, -0.15) is 0 Å². The summed E-state index contributed by atoms with van der Waals surface area (Å²) in [6.45, 7) is 2.66. The summed E-state index contributed by atoms with van der Waals surface area (Å²) in [5, 5.41) is 24.2. The van der Waals surface area contributed by atoms with Crippen LogP contribution < -0.4 is 15.7 Å². The molecule has 4 atom stereocenters. The van der Waals surface area contributed by atoms with Crippen molar-refractivity contribution >= 4 is 22.8 Å². The van der Waals surface area contributed by atoms with Crippen LogP contribution in [0.3, 0.4) is 0 Å². The predicted octanol–water partition coefficient (Wildman–Crippen LogP) is 1.98. The fourth-order valence-corrected chi connectivity index (χ4v) is 5.42. The normalized spacial score (nSPS) is 21.2. The van der Waals surface area contributed by atoms with Crippen molar-refractivity contribution in [2.45, 2.75) is 37.5 Å². The lowest BCUT2D eigenvalue weighted by Gasteiger charge is -2.40. The van der Waals surface area contributed by atoms with Gasteiger partial charge in [-0.15, -0.1) is 0 Å². The van der Waals surface area contributed by atoms with Crippen molar-refractivity contribution in [3.8, 4) is 5.75 Å². The Morgan fingerprint density at radius 2 is 1.90 bits per heavy atom. The highest BCUT2D eigenvalue weighted by Crippen LogP contribution is 2.47. The van der Waals surface area contributed by atoms with Crippen molar-refractivity contribution in [1.29, 1.82) is 0 Å². The van der Waals surface area contributed by atoms with Gasteiger partial charge in [-0.3, -0.25) is 9.59 Å². The van der Waals surface area contributed by atoms with Crippen molar-refractivity contribution in [2.75, 3.05) is 32.9 Å². The second kappa shape index (κ2) is 12.0. The lowest BCUT2D eigenvalue weighted by molar-refractivity contribution is -0.118. The van der Waals surface area contributed by atoms with Crippen LogP contribution in [0.25, 0.3) is 11.0 Å². The molecule has 0 spiro atoms. The molecule has 210 valence electrons. The van der Waals surface area contributed by atoms with E-state index < -0.39 is 41.6 Å². The third kappa shape index (κ3) is 5.25. The van der Waals surface area contributed by atoms with Crippen LogP contribution in [0.5, 0.6) is 5.75 Å². The summed E-state index contributed by atoms with van der Waals surface area (Å²) in [4.78, 5) is 41.6. The van der Waals surface area contributed by atoms with Gasteiger partial charge in [0.05, 0.1) is 18.6 Å². The minimum atomic E-state index is -1.21. The number of ether oxygens (including phenoxy) is 2. The molecular formula is C30H32N2O8. The minimum Gasteiger partial charge on any atom is -0.486 e. The summed E-state index contributed by atoms with van der Waals surface area (Å²) >= 11 is 0. The van der Waals surface area contributed by atoms with Gasteiger partial charge >= 0.3 is 5.63 Å². The van der Waals surface area contributed by atoms with Crippen LogP contribution in [0.15, 0.2) is 75.5 Å². The quantitative estimate of drug-likeness (QED) is 0.258. The van der Waals surface area contributed by atoms with E-state index in [4.69, 9.17) is 13.9 Å². The van der Waals surface area contributed by atoms with Gasteiger partial charge in [0.1, 0.15) is 29.1 Å². The van der Waals surface area contributed by atoms with Crippen molar-refractivity contribution in [3.63, 3.8) is 0 Å². The number of benzene rings is 2. The van der Waals surface area contributed by atoms with Crippen LogP contribution >= 0.6 is 0 Å². The maximum Gasteiger partial charge on any atom is 0.349 e. The maximum atomic E-state index is 14.0. The summed E-state index contributed by atoms with van der Waals surface area (Å²) in [6.07, 6.45) is -0.0602. The van der Waals surface area contributed by atoms with Crippen LogP contribution in [-0.2, 0) is 9.53 Å². The van der Waals surface area contributed by atoms with E-state index in [1.807, 2.05) is 19.1 Å². The van der Waals surface area contributed by atoms with Gasteiger partial charge in [-0.1, -0.05) is 36.4 Å². The molecule has 2 aromatic carbocycles. The first-order chi connectivity index (χ1) is 19.4. The van der Waals surface area contributed by atoms with Crippen LogP contribution in [0.4, 0.5) is 0 Å². The molecule has 0 fully saturated rings. The summed E-state index contributed by atoms with van der Waals surface area (Å²) in [5.74, 6) is -1.11. The van der Waals surface area contributed by atoms with Crippen LogP contribution in [-0.4, -0.2) is 78.1 Å². The molecular weight excluding hydrogens is 516 g/mol. The highest BCUT2D eigenvalue weighted by atomic mass is 16.5. The lowest BCUT2D eigenvalue weighted by Crippen LogP contribution is -2.56. The van der Waals surface area contributed by atoms with Crippen molar-refractivity contribution in [2.24, 2.45) is 0 Å². The number of hydrogen-bond acceptors (Lipinski definition) is 8. The average Bonchev–Trinajstić information content (AvgIpc) is 3.36. The number of amides is 2. The topological polar surface area (TPSA) is 139 Å². The number of nitrogens with one attached hydrogen (secondary N) is 1. The van der Waals surface area contributed by atoms with Crippen LogP contribution in [0, 0.1) is 0 Å². The van der Waals surface area contributed by atoms with Crippen molar-refractivity contribution in [1.82, 2.24) is 10.2 Å². The molecule has 1 aliphatic heterocycles. The Labute approximate surface area is 230 Å². The molecule has 10 nitrogen and oxygen atoms in total. The number of para-hydroxylation sites is 2. The summed E-state index contributed by atoms with van der Waals surface area (Å²) in [7, 11) is 0. The predicted molar refractivity (Wildman–Crippen MR) is 146 cm³/mol. The second-order valence-corrected chi connectivity index (χ2v) is 9.72. The molecule has 0 saturated heterocycles. The molecule has 2 heterocycles. The molecule has 40 heavy (non-hydrogen) atoms. The Kier molecular flexibility index (Phi) is 8.29. The van der Waals surface area contributed by atoms with E-state index in [2.05, 4.69) is 5.32 Å². The highest BCUT2D eigenvalue weighted by molar-refractivity contribution is 5.98.